The van der Waals surface area contributed by atoms with Gasteiger partial charge >= 0.3 is 0 Å². The van der Waals surface area contributed by atoms with Gasteiger partial charge in [-0.05, 0) is 31.4 Å². The fourth-order valence-electron chi connectivity index (χ4n) is 1.54. The molecule has 0 saturated heterocycles. The standard InChI is InChI=1S/C11H12ClFO2/c12-8-3-1-4-9(10(8)13)15-7-11(14)5-2-6-11/h1,3-4,14H,2,5-7H2. The topological polar surface area (TPSA) is 29.5 Å². The lowest BCUT2D eigenvalue weighted by molar-refractivity contribution is -0.0670. The first-order valence-corrected chi connectivity index (χ1v) is 5.28. The Labute approximate surface area is 92.6 Å². The number of rotatable bonds is 3. The highest BCUT2D eigenvalue weighted by Crippen LogP contribution is 2.33. The molecule has 1 N–H and O–H groups in total. The zero-order valence-electron chi connectivity index (χ0n) is 8.17. The molecule has 4 heteroatoms. The van der Waals surface area contributed by atoms with Crippen LogP contribution in [0.3, 0.4) is 0 Å². The van der Waals surface area contributed by atoms with E-state index in [-0.39, 0.29) is 17.4 Å². The normalized spacial score (nSPS) is 18.3. The van der Waals surface area contributed by atoms with Gasteiger partial charge in [-0.3, -0.25) is 0 Å². The largest absolute Gasteiger partial charge is 0.487 e. The van der Waals surface area contributed by atoms with E-state index in [1.165, 1.54) is 12.1 Å². The van der Waals surface area contributed by atoms with E-state index in [0.717, 1.165) is 19.3 Å². The summed E-state index contributed by atoms with van der Waals surface area (Å²) < 4.78 is 18.6. The van der Waals surface area contributed by atoms with Crippen molar-refractivity contribution in [1.82, 2.24) is 0 Å². The maximum atomic E-state index is 13.4. The van der Waals surface area contributed by atoms with Crippen molar-refractivity contribution in [2.24, 2.45) is 0 Å². The van der Waals surface area contributed by atoms with E-state index >= 15 is 0 Å². The van der Waals surface area contributed by atoms with Gasteiger partial charge < -0.3 is 9.84 Å². The minimum absolute atomic E-state index is 0.0353. The molecule has 2 nitrogen and oxygen atoms in total. The van der Waals surface area contributed by atoms with Crippen molar-refractivity contribution in [3.8, 4) is 5.75 Å². The third-order valence-electron chi connectivity index (χ3n) is 2.70. The Hall–Kier alpha value is -0.800. The molecule has 0 unspecified atom stereocenters. The summed E-state index contributed by atoms with van der Waals surface area (Å²) in [7, 11) is 0. The average Bonchev–Trinajstić information content (AvgIpc) is 2.17. The van der Waals surface area contributed by atoms with Crippen LogP contribution < -0.4 is 4.74 Å². The molecule has 1 saturated carbocycles. The molecule has 0 aromatic heterocycles. The first-order chi connectivity index (χ1) is 7.11. The van der Waals surface area contributed by atoms with E-state index in [0.29, 0.717) is 0 Å². The second-order valence-electron chi connectivity index (χ2n) is 3.92. The number of ether oxygens (including phenoxy) is 1. The molecule has 2 rings (SSSR count). The molecule has 0 bridgehead atoms. The van der Waals surface area contributed by atoms with Gasteiger partial charge in [0.1, 0.15) is 6.61 Å². The van der Waals surface area contributed by atoms with Crippen molar-refractivity contribution in [2.45, 2.75) is 24.9 Å². The van der Waals surface area contributed by atoms with Crippen LogP contribution in [0.5, 0.6) is 5.75 Å². The fraction of sp³-hybridized carbons (Fsp3) is 0.455. The number of hydrogen-bond donors (Lipinski definition) is 1. The van der Waals surface area contributed by atoms with Crippen LogP contribution in [-0.4, -0.2) is 17.3 Å². The van der Waals surface area contributed by atoms with Gasteiger partial charge in [-0.25, -0.2) is 4.39 Å². The Morgan fingerprint density at radius 3 is 2.80 bits per heavy atom. The molecule has 1 aliphatic rings. The van der Waals surface area contributed by atoms with Crippen LogP contribution in [0.4, 0.5) is 4.39 Å². The Morgan fingerprint density at radius 2 is 2.20 bits per heavy atom. The first-order valence-electron chi connectivity index (χ1n) is 4.90. The second-order valence-corrected chi connectivity index (χ2v) is 4.33. The highest BCUT2D eigenvalue weighted by Gasteiger charge is 2.35. The van der Waals surface area contributed by atoms with E-state index < -0.39 is 11.4 Å². The van der Waals surface area contributed by atoms with Crippen LogP contribution in [-0.2, 0) is 0 Å². The average molecular weight is 231 g/mol. The number of aliphatic hydroxyl groups is 1. The minimum Gasteiger partial charge on any atom is -0.487 e. The van der Waals surface area contributed by atoms with Crippen molar-refractivity contribution in [3.63, 3.8) is 0 Å². The zero-order chi connectivity index (χ0) is 10.9. The van der Waals surface area contributed by atoms with Crippen LogP contribution in [0.25, 0.3) is 0 Å². The predicted molar refractivity (Wildman–Crippen MR) is 55.7 cm³/mol. The second kappa shape index (κ2) is 3.99. The Bertz CT molecular complexity index is 364. The minimum atomic E-state index is -0.769. The molecule has 1 aromatic carbocycles. The lowest BCUT2D eigenvalue weighted by Crippen LogP contribution is -2.42. The van der Waals surface area contributed by atoms with Crippen LogP contribution in [0.15, 0.2) is 18.2 Å². The predicted octanol–water partition coefficient (Wildman–Crippen LogP) is 2.77. The molecule has 0 aliphatic heterocycles. The summed E-state index contributed by atoms with van der Waals surface area (Å²) in [5.74, 6) is -0.468. The van der Waals surface area contributed by atoms with E-state index in [2.05, 4.69) is 0 Å². The number of hydrogen-bond acceptors (Lipinski definition) is 2. The Kier molecular flexibility index (Phi) is 2.85. The number of benzene rings is 1. The lowest BCUT2D eigenvalue weighted by atomic mass is 9.81. The molecule has 0 spiro atoms. The van der Waals surface area contributed by atoms with Crippen molar-refractivity contribution < 1.29 is 14.2 Å². The maximum absolute atomic E-state index is 13.4. The molecule has 0 amide bonds. The molecule has 1 aliphatic carbocycles. The Balaban J connectivity index is 2.01. The summed E-state index contributed by atoms with van der Waals surface area (Å²) in [6.07, 6.45) is 2.43. The highest BCUT2D eigenvalue weighted by atomic mass is 35.5. The molecule has 15 heavy (non-hydrogen) atoms. The summed E-state index contributed by atoms with van der Waals surface area (Å²) in [5, 5.41) is 9.79. The molecule has 1 aromatic rings. The van der Waals surface area contributed by atoms with Gasteiger partial charge in [0, 0.05) is 0 Å². The third-order valence-corrected chi connectivity index (χ3v) is 2.99. The monoisotopic (exact) mass is 230 g/mol. The van der Waals surface area contributed by atoms with E-state index in [4.69, 9.17) is 16.3 Å². The maximum Gasteiger partial charge on any atom is 0.183 e. The van der Waals surface area contributed by atoms with Crippen molar-refractivity contribution in [1.29, 1.82) is 0 Å². The van der Waals surface area contributed by atoms with Gasteiger partial charge in [-0.2, -0.15) is 0 Å². The Morgan fingerprint density at radius 1 is 1.47 bits per heavy atom. The summed E-state index contributed by atoms with van der Waals surface area (Å²) in [6.45, 7) is 0.129. The summed E-state index contributed by atoms with van der Waals surface area (Å²) >= 11 is 5.59. The van der Waals surface area contributed by atoms with E-state index in [9.17, 15) is 9.50 Å². The van der Waals surface area contributed by atoms with Gasteiger partial charge in [0.15, 0.2) is 11.6 Å². The van der Waals surface area contributed by atoms with Crippen molar-refractivity contribution in [2.75, 3.05) is 6.61 Å². The van der Waals surface area contributed by atoms with Crippen molar-refractivity contribution >= 4 is 11.6 Å². The van der Waals surface area contributed by atoms with Gasteiger partial charge in [-0.15, -0.1) is 0 Å². The zero-order valence-corrected chi connectivity index (χ0v) is 8.93. The van der Waals surface area contributed by atoms with Gasteiger partial charge in [-0.1, -0.05) is 17.7 Å². The summed E-state index contributed by atoms with van der Waals surface area (Å²) in [4.78, 5) is 0. The highest BCUT2D eigenvalue weighted by molar-refractivity contribution is 6.30. The molecule has 0 radical (unpaired) electrons. The van der Waals surface area contributed by atoms with E-state index in [1.807, 2.05) is 0 Å². The quantitative estimate of drug-likeness (QED) is 0.865. The molecule has 0 heterocycles. The molecule has 82 valence electrons. The number of halogens is 2. The third kappa shape index (κ3) is 2.24. The van der Waals surface area contributed by atoms with Gasteiger partial charge in [0.05, 0.1) is 10.6 Å². The van der Waals surface area contributed by atoms with Crippen LogP contribution in [0, 0.1) is 5.82 Å². The van der Waals surface area contributed by atoms with Crippen LogP contribution >= 0.6 is 11.6 Å². The van der Waals surface area contributed by atoms with Gasteiger partial charge in [0.2, 0.25) is 0 Å². The smallest absolute Gasteiger partial charge is 0.183 e. The SMILES string of the molecule is OC1(COc2cccc(Cl)c2F)CCC1. The lowest BCUT2D eigenvalue weighted by Gasteiger charge is -2.36. The van der Waals surface area contributed by atoms with Crippen LogP contribution in [0.1, 0.15) is 19.3 Å². The molecular formula is C11H12ClFO2. The fourth-order valence-corrected chi connectivity index (χ4v) is 1.70. The first kappa shape index (κ1) is 10.7. The molecule has 1 fully saturated rings. The summed E-state index contributed by atoms with van der Waals surface area (Å²) in [5.41, 5.74) is -0.769. The van der Waals surface area contributed by atoms with Crippen molar-refractivity contribution in [3.05, 3.63) is 29.0 Å². The van der Waals surface area contributed by atoms with Crippen LogP contribution in [0.2, 0.25) is 5.02 Å². The van der Waals surface area contributed by atoms with Gasteiger partial charge in [0.25, 0.3) is 0 Å². The van der Waals surface area contributed by atoms with E-state index in [1.54, 1.807) is 6.07 Å². The molecule has 0 atom stereocenters. The molecular weight excluding hydrogens is 219 g/mol. The summed E-state index contributed by atoms with van der Waals surface area (Å²) in [6, 6.07) is 4.58.